The van der Waals surface area contributed by atoms with E-state index >= 15 is 0 Å². The second-order valence-electron chi connectivity index (χ2n) is 5.03. The van der Waals surface area contributed by atoms with Crippen LogP contribution in [0.25, 0.3) is 0 Å². The first-order valence-corrected chi connectivity index (χ1v) is 6.97. The van der Waals surface area contributed by atoms with Gasteiger partial charge in [0, 0.05) is 25.4 Å². The fourth-order valence-corrected chi connectivity index (χ4v) is 2.97. The van der Waals surface area contributed by atoms with Crippen molar-refractivity contribution in [2.45, 2.75) is 12.8 Å². The zero-order valence-corrected chi connectivity index (χ0v) is 12.2. The number of aliphatic hydroxyl groups excluding tert-OH is 1. The Hall–Kier alpha value is -1.46. The highest BCUT2D eigenvalue weighted by molar-refractivity contribution is 6.34. The molecular weight excluding hydrogens is 280 g/mol. The molecule has 1 unspecified atom stereocenters. The van der Waals surface area contributed by atoms with Crippen LogP contribution in [0.5, 0.6) is 0 Å². The van der Waals surface area contributed by atoms with Crippen LogP contribution in [0.15, 0.2) is 12.1 Å². The number of piperidine rings is 1. The minimum Gasteiger partial charge on any atom is -0.465 e. The zero-order chi connectivity index (χ0) is 14.7. The van der Waals surface area contributed by atoms with E-state index in [4.69, 9.17) is 22.1 Å². The number of rotatable bonds is 3. The first kappa shape index (κ1) is 14.9. The number of hydrogen-bond donors (Lipinski definition) is 2. The molecule has 1 aromatic carbocycles. The predicted molar refractivity (Wildman–Crippen MR) is 79.2 cm³/mol. The summed E-state index contributed by atoms with van der Waals surface area (Å²) in [6.07, 6.45) is 1.93. The van der Waals surface area contributed by atoms with Crippen LogP contribution in [0.4, 0.5) is 11.4 Å². The molecule has 0 aromatic heterocycles. The molecule has 1 heterocycles. The third-order valence-corrected chi connectivity index (χ3v) is 3.87. The fraction of sp³-hybridized carbons (Fsp3) is 0.500. The summed E-state index contributed by atoms with van der Waals surface area (Å²) in [7, 11) is 1.33. The number of carbonyl (C=O) groups excluding carboxylic acids is 1. The zero-order valence-electron chi connectivity index (χ0n) is 11.4. The van der Waals surface area contributed by atoms with Crippen molar-refractivity contribution >= 4 is 28.9 Å². The van der Waals surface area contributed by atoms with Gasteiger partial charge in [-0.3, -0.25) is 0 Å². The summed E-state index contributed by atoms with van der Waals surface area (Å²) in [6, 6.07) is 3.21. The van der Waals surface area contributed by atoms with Crippen molar-refractivity contribution in [2.24, 2.45) is 5.92 Å². The summed E-state index contributed by atoms with van der Waals surface area (Å²) in [4.78, 5) is 13.9. The van der Waals surface area contributed by atoms with Gasteiger partial charge >= 0.3 is 5.97 Å². The number of benzene rings is 1. The van der Waals surface area contributed by atoms with Crippen LogP contribution in [0.2, 0.25) is 5.02 Å². The van der Waals surface area contributed by atoms with Gasteiger partial charge in [-0.1, -0.05) is 11.6 Å². The molecule has 20 heavy (non-hydrogen) atoms. The maximum absolute atomic E-state index is 11.9. The smallest absolute Gasteiger partial charge is 0.340 e. The number of nitrogens with zero attached hydrogens (tertiary/aromatic N) is 1. The number of nitrogen functional groups attached to an aromatic ring is 1. The van der Waals surface area contributed by atoms with Gasteiger partial charge < -0.3 is 20.5 Å². The standard InChI is InChI=1S/C14H19ClN2O3/c1-20-14(19)11-5-10(16)6-12(15)13(11)17-4-2-3-9(7-17)8-18/h5-6,9,18H,2-4,7-8,16H2,1H3. The number of methoxy groups -OCH3 is 1. The molecule has 6 heteroatoms. The third-order valence-electron chi connectivity index (χ3n) is 3.58. The van der Waals surface area contributed by atoms with Crippen LogP contribution >= 0.6 is 11.6 Å². The molecular formula is C14H19ClN2O3. The topological polar surface area (TPSA) is 75.8 Å². The van der Waals surface area contributed by atoms with Crippen molar-refractivity contribution in [3.63, 3.8) is 0 Å². The molecule has 1 aliphatic rings. The molecule has 1 aromatic rings. The molecule has 3 N–H and O–H groups in total. The van der Waals surface area contributed by atoms with Gasteiger partial charge in [-0.15, -0.1) is 0 Å². The average Bonchev–Trinajstić information content (AvgIpc) is 2.45. The Balaban J connectivity index is 2.41. The maximum Gasteiger partial charge on any atom is 0.340 e. The van der Waals surface area contributed by atoms with Gasteiger partial charge in [0.05, 0.1) is 23.4 Å². The van der Waals surface area contributed by atoms with Crippen molar-refractivity contribution in [3.05, 3.63) is 22.7 Å². The molecule has 110 valence electrons. The summed E-state index contributed by atoms with van der Waals surface area (Å²) in [5.41, 5.74) is 7.19. The van der Waals surface area contributed by atoms with Gasteiger partial charge in [-0.25, -0.2) is 4.79 Å². The van der Waals surface area contributed by atoms with Crippen LogP contribution < -0.4 is 10.6 Å². The van der Waals surface area contributed by atoms with Crippen molar-refractivity contribution in [2.75, 3.05) is 37.4 Å². The SMILES string of the molecule is COC(=O)c1cc(N)cc(Cl)c1N1CCCC(CO)C1. The van der Waals surface area contributed by atoms with E-state index in [0.717, 1.165) is 19.4 Å². The van der Waals surface area contributed by atoms with E-state index in [2.05, 4.69) is 0 Å². The number of esters is 1. The van der Waals surface area contributed by atoms with Crippen LogP contribution in [0, 0.1) is 5.92 Å². The van der Waals surface area contributed by atoms with Crippen LogP contribution in [-0.4, -0.2) is 37.9 Å². The molecule has 0 amide bonds. The van der Waals surface area contributed by atoms with Crippen molar-refractivity contribution in [1.29, 1.82) is 0 Å². The Morgan fingerprint density at radius 3 is 3.00 bits per heavy atom. The number of carbonyl (C=O) groups is 1. The van der Waals surface area contributed by atoms with Gasteiger partial charge in [-0.05, 0) is 30.9 Å². The highest BCUT2D eigenvalue weighted by Crippen LogP contribution is 2.35. The van der Waals surface area contributed by atoms with E-state index in [1.165, 1.54) is 7.11 Å². The molecule has 0 bridgehead atoms. The Bertz CT molecular complexity index is 507. The summed E-state index contributed by atoms with van der Waals surface area (Å²) in [5.74, 6) is -0.261. The highest BCUT2D eigenvalue weighted by atomic mass is 35.5. The number of hydrogen-bond acceptors (Lipinski definition) is 5. The van der Waals surface area contributed by atoms with Crippen molar-refractivity contribution < 1.29 is 14.6 Å². The lowest BCUT2D eigenvalue weighted by Crippen LogP contribution is -2.37. The van der Waals surface area contributed by atoms with Crippen LogP contribution in [-0.2, 0) is 4.74 Å². The molecule has 0 spiro atoms. The largest absolute Gasteiger partial charge is 0.465 e. The van der Waals surface area contributed by atoms with E-state index in [1.54, 1.807) is 12.1 Å². The molecule has 0 saturated carbocycles. The first-order valence-electron chi connectivity index (χ1n) is 6.60. The fourth-order valence-electron chi connectivity index (χ4n) is 2.62. The maximum atomic E-state index is 11.9. The lowest BCUT2D eigenvalue weighted by molar-refractivity contribution is 0.0601. The quantitative estimate of drug-likeness (QED) is 0.658. The Kier molecular flexibility index (Phi) is 4.73. The Labute approximate surface area is 123 Å². The second kappa shape index (κ2) is 6.33. The van der Waals surface area contributed by atoms with Gasteiger partial charge in [0.2, 0.25) is 0 Å². The van der Waals surface area contributed by atoms with E-state index < -0.39 is 5.97 Å². The summed E-state index contributed by atoms with van der Waals surface area (Å²) < 4.78 is 4.80. The van der Waals surface area contributed by atoms with Gasteiger partial charge in [0.25, 0.3) is 0 Å². The van der Waals surface area contributed by atoms with Gasteiger partial charge in [0.1, 0.15) is 0 Å². The molecule has 1 saturated heterocycles. The first-order chi connectivity index (χ1) is 9.56. The molecule has 1 atom stereocenters. The highest BCUT2D eigenvalue weighted by Gasteiger charge is 2.26. The molecule has 2 rings (SSSR count). The summed E-state index contributed by atoms with van der Waals surface area (Å²) >= 11 is 6.27. The predicted octanol–water partition coefficient (Wildman–Crippen LogP) is 1.92. The van der Waals surface area contributed by atoms with E-state index in [-0.39, 0.29) is 12.5 Å². The third kappa shape index (κ3) is 2.99. The number of nitrogens with two attached hydrogens (primary N) is 1. The monoisotopic (exact) mass is 298 g/mol. The molecule has 1 aliphatic heterocycles. The molecule has 5 nitrogen and oxygen atoms in total. The summed E-state index contributed by atoms with van der Waals surface area (Å²) in [6.45, 7) is 1.60. The second-order valence-corrected chi connectivity index (χ2v) is 5.43. The normalized spacial score (nSPS) is 18.9. The summed E-state index contributed by atoms with van der Waals surface area (Å²) in [5, 5.41) is 9.76. The minimum absolute atomic E-state index is 0.136. The van der Waals surface area contributed by atoms with Gasteiger partial charge in [0.15, 0.2) is 0 Å². The minimum atomic E-state index is -0.458. The van der Waals surface area contributed by atoms with E-state index in [0.29, 0.717) is 28.5 Å². The lowest BCUT2D eigenvalue weighted by Gasteiger charge is -2.35. The molecule has 0 aliphatic carbocycles. The lowest BCUT2D eigenvalue weighted by atomic mass is 9.97. The van der Waals surface area contributed by atoms with Crippen LogP contribution in [0.3, 0.4) is 0 Å². The Morgan fingerprint density at radius 1 is 1.60 bits per heavy atom. The van der Waals surface area contributed by atoms with E-state index in [9.17, 15) is 9.90 Å². The van der Waals surface area contributed by atoms with Crippen molar-refractivity contribution in [1.82, 2.24) is 0 Å². The van der Waals surface area contributed by atoms with Gasteiger partial charge in [-0.2, -0.15) is 0 Å². The Morgan fingerprint density at radius 2 is 2.35 bits per heavy atom. The van der Waals surface area contributed by atoms with Crippen LogP contribution in [0.1, 0.15) is 23.2 Å². The number of aliphatic hydroxyl groups is 1. The molecule has 0 radical (unpaired) electrons. The number of anilines is 2. The average molecular weight is 299 g/mol. The van der Waals surface area contributed by atoms with E-state index in [1.807, 2.05) is 4.90 Å². The molecule has 1 fully saturated rings. The van der Waals surface area contributed by atoms with Crippen molar-refractivity contribution in [3.8, 4) is 0 Å². The number of halogens is 1. The number of ether oxygens (including phenoxy) is 1.